The minimum absolute atomic E-state index is 0.170. The van der Waals surface area contributed by atoms with Crippen LogP contribution < -0.4 is 4.90 Å². The van der Waals surface area contributed by atoms with Crippen LogP contribution in [0.3, 0.4) is 0 Å². The van der Waals surface area contributed by atoms with Gasteiger partial charge in [0.15, 0.2) is 0 Å². The topological polar surface area (TPSA) is 45.7 Å². The summed E-state index contributed by atoms with van der Waals surface area (Å²) in [4.78, 5) is 22.6. The highest BCUT2D eigenvalue weighted by Gasteiger charge is 2.36. The molecule has 1 aliphatic heterocycles. The molecule has 5 nitrogen and oxygen atoms in total. The van der Waals surface area contributed by atoms with Crippen molar-refractivity contribution in [2.45, 2.75) is 110 Å². The van der Waals surface area contributed by atoms with Crippen molar-refractivity contribution in [2.75, 3.05) is 11.4 Å². The van der Waals surface area contributed by atoms with Gasteiger partial charge in [-0.3, -0.25) is 9.80 Å². The first-order chi connectivity index (χ1) is 13.8. The van der Waals surface area contributed by atoms with Gasteiger partial charge in [-0.15, -0.1) is 0 Å². The molecule has 0 radical (unpaired) electrons. The van der Waals surface area contributed by atoms with Crippen LogP contribution in [0.25, 0.3) is 0 Å². The van der Waals surface area contributed by atoms with Gasteiger partial charge >= 0.3 is 6.09 Å². The monoisotopic (exact) mass is 401 g/mol. The van der Waals surface area contributed by atoms with Crippen LogP contribution in [0, 0.1) is 0 Å². The maximum absolute atomic E-state index is 13.4. The zero-order valence-electron chi connectivity index (χ0n) is 19.0. The lowest BCUT2D eigenvalue weighted by Crippen LogP contribution is -2.46. The van der Waals surface area contributed by atoms with Gasteiger partial charge in [0, 0.05) is 29.9 Å². The number of piperidine rings is 1. The number of hydrogen-bond donors (Lipinski definition) is 0. The summed E-state index contributed by atoms with van der Waals surface area (Å²) in [5.74, 6) is 0.811. The molecule has 0 bridgehead atoms. The van der Waals surface area contributed by atoms with Crippen LogP contribution in [0.15, 0.2) is 18.3 Å². The van der Waals surface area contributed by atoms with Gasteiger partial charge in [0.1, 0.15) is 11.4 Å². The average molecular weight is 402 g/mol. The second kappa shape index (κ2) is 9.46. The van der Waals surface area contributed by atoms with E-state index in [-0.39, 0.29) is 12.1 Å². The van der Waals surface area contributed by atoms with Crippen molar-refractivity contribution in [3.63, 3.8) is 0 Å². The molecule has 1 atom stereocenters. The molecule has 1 saturated carbocycles. The standard InChI is InChI=1S/C24H39N3O2/c1-18(2)26-17-10-9-15-21(26)20-14-11-16-25-22(20)27(19-12-7-6-8-13-19)23(28)29-24(3,4)5/h11,14,16,18-19,21H,6-10,12-13,15,17H2,1-5H3. The SMILES string of the molecule is CC(C)N1CCCCC1c1cccnc1N(C(=O)OC(C)(C)C)C1CCCCC1. The smallest absolute Gasteiger partial charge is 0.416 e. The predicted octanol–water partition coefficient (Wildman–Crippen LogP) is 6.09. The van der Waals surface area contributed by atoms with Crippen LogP contribution >= 0.6 is 0 Å². The van der Waals surface area contributed by atoms with Crippen LogP contribution in [-0.2, 0) is 4.74 Å². The average Bonchev–Trinajstić information content (AvgIpc) is 2.68. The van der Waals surface area contributed by atoms with Crippen molar-refractivity contribution >= 4 is 11.9 Å². The Kier molecular flexibility index (Phi) is 7.20. The Bertz CT molecular complexity index is 677. The number of hydrogen-bond acceptors (Lipinski definition) is 4. The van der Waals surface area contributed by atoms with E-state index in [1.165, 1.54) is 24.8 Å². The van der Waals surface area contributed by atoms with Gasteiger partial charge in [-0.1, -0.05) is 31.7 Å². The molecular weight excluding hydrogens is 362 g/mol. The second-order valence-corrected chi connectivity index (χ2v) is 9.90. The van der Waals surface area contributed by atoms with Gasteiger partial charge in [-0.25, -0.2) is 9.78 Å². The Balaban J connectivity index is 2.00. The number of nitrogens with zero attached hydrogens (tertiary/aromatic N) is 3. The molecule has 1 aromatic rings. The lowest BCUT2D eigenvalue weighted by atomic mass is 9.91. The first-order valence-corrected chi connectivity index (χ1v) is 11.5. The molecule has 162 valence electrons. The van der Waals surface area contributed by atoms with Crippen LogP contribution in [-0.4, -0.2) is 40.2 Å². The van der Waals surface area contributed by atoms with E-state index < -0.39 is 5.60 Å². The summed E-state index contributed by atoms with van der Waals surface area (Å²) in [5, 5.41) is 0. The third-order valence-corrected chi connectivity index (χ3v) is 6.14. The molecule has 1 amide bonds. The molecule has 3 rings (SSSR count). The lowest BCUT2D eigenvalue weighted by molar-refractivity contribution is 0.0554. The highest BCUT2D eigenvalue weighted by atomic mass is 16.6. The minimum Gasteiger partial charge on any atom is -0.443 e. The van der Waals surface area contributed by atoms with Crippen LogP contribution in [0.4, 0.5) is 10.6 Å². The van der Waals surface area contributed by atoms with E-state index in [2.05, 4.69) is 24.8 Å². The zero-order valence-corrected chi connectivity index (χ0v) is 19.0. The number of ether oxygens (including phenoxy) is 1. The van der Waals surface area contributed by atoms with Gasteiger partial charge < -0.3 is 4.74 Å². The van der Waals surface area contributed by atoms with Gasteiger partial charge in [0.25, 0.3) is 0 Å². The molecule has 0 spiro atoms. The third kappa shape index (κ3) is 5.50. The summed E-state index contributed by atoms with van der Waals surface area (Å²) in [6.45, 7) is 11.4. The van der Waals surface area contributed by atoms with Gasteiger partial charge in [0.05, 0.1) is 0 Å². The second-order valence-electron chi connectivity index (χ2n) is 9.90. The highest BCUT2D eigenvalue weighted by Crippen LogP contribution is 2.39. The fourth-order valence-corrected chi connectivity index (χ4v) is 4.84. The van der Waals surface area contributed by atoms with Crippen molar-refractivity contribution in [3.05, 3.63) is 23.9 Å². The number of carbonyl (C=O) groups is 1. The maximum Gasteiger partial charge on any atom is 0.416 e. The Hall–Kier alpha value is -1.62. The fraction of sp³-hybridized carbons (Fsp3) is 0.750. The molecule has 0 aromatic carbocycles. The Morgan fingerprint density at radius 3 is 2.48 bits per heavy atom. The summed E-state index contributed by atoms with van der Waals surface area (Å²) >= 11 is 0. The molecule has 2 heterocycles. The van der Waals surface area contributed by atoms with E-state index >= 15 is 0 Å². The largest absolute Gasteiger partial charge is 0.443 e. The molecule has 2 aliphatic rings. The predicted molar refractivity (Wildman–Crippen MR) is 118 cm³/mol. The Morgan fingerprint density at radius 1 is 1.14 bits per heavy atom. The molecule has 5 heteroatoms. The molecule has 1 unspecified atom stereocenters. The maximum atomic E-state index is 13.4. The molecule has 0 N–H and O–H groups in total. The number of anilines is 1. The number of rotatable bonds is 4. The number of amides is 1. The summed E-state index contributed by atoms with van der Waals surface area (Å²) in [6.07, 6.45) is 10.8. The van der Waals surface area contributed by atoms with Crippen molar-refractivity contribution in [3.8, 4) is 0 Å². The first kappa shape index (κ1) is 22.1. The highest BCUT2D eigenvalue weighted by molar-refractivity contribution is 5.88. The van der Waals surface area contributed by atoms with Crippen molar-refractivity contribution in [1.82, 2.24) is 9.88 Å². The van der Waals surface area contributed by atoms with E-state index in [1.807, 2.05) is 37.9 Å². The molecule has 29 heavy (non-hydrogen) atoms. The molecule has 1 saturated heterocycles. The summed E-state index contributed by atoms with van der Waals surface area (Å²) in [7, 11) is 0. The Morgan fingerprint density at radius 2 is 1.83 bits per heavy atom. The molecule has 1 aromatic heterocycles. The fourth-order valence-electron chi connectivity index (χ4n) is 4.84. The van der Waals surface area contributed by atoms with E-state index in [0.717, 1.165) is 44.5 Å². The third-order valence-electron chi connectivity index (χ3n) is 6.14. The quantitative estimate of drug-likeness (QED) is 0.612. The van der Waals surface area contributed by atoms with E-state index in [0.29, 0.717) is 12.1 Å². The molecule has 2 fully saturated rings. The van der Waals surface area contributed by atoms with Crippen molar-refractivity contribution in [2.24, 2.45) is 0 Å². The summed E-state index contributed by atoms with van der Waals surface area (Å²) in [5.41, 5.74) is 0.658. The van der Waals surface area contributed by atoms with Gasteiger partial charge in [-0.05, 0) is 72.9 Å². The van der Waals surface area contributed by atoms with Crippen molar-refractivity contribution < 1.29 is 9.53 Å². The lowest BCUT2D eigenvalue weighted by Gasteiger charge is -2.41. The van der Waals surface area contributed by atoms with Crippen molar-refractivity contribution in [1.29, 1.82) is 0 Å². The van der Waals surface area contributed by atoms with Gasteiger partial charge in [0.2, 0.25) is 0 Å². The van der Waals surface area contributed by atoms with Crippen LogP contribution in [0.5, 0.6) is 0 Å². The number of likely N-dealkylation sites (tertiary alicyclic amines) is 1. The molecule has 1 aliphatic carbocycles. The minimum atomic E-state index is -0.520. The normalized spacial score (nSPS) is 21.9. The first-order valence-electron chi connectivity index (χ1n) is 11.5. The Labute approximate surface area is 176 Å². The number of carbonyl (C=O) groups excluding carboxylic acids is 1. The van der Waals surface area contributed by atoms with E-state index in [1.54, 1.807) is 0 Å². The van der Waals surface area contributed by atoms with Crippen LogP contribution in [0.1, 0.15) is 97.6 Å². The van der Waals surface area contributed by atoms with E-state index in [4.69, 9.17) is 9.72 Å². The number of pyridine rings is 1. The van der Waals surface area contributed by atoms with Crippen LogP contribution in [0.2, 0.25) is 0 Å². The van der Waals surface area contributed by atoms with Gasteiger partial charge in [-0.2, -0.15) is 0 Å². The van der Waals surface area contributed by atoms with E-state index in [9.17, 15) is 4.79 Å². The zero-order chi connectivity index (χ0) is 21.0. The number of aromatic nitrogens is 1. The summed E-state index contributed by atoms with van der Waals surface area (Å²) < 4.78 is 5.86. The molecular formula is C24H39N3O2. The summed E-state index contributed by atoms with van der Waals surface area (Å²) in [6, 6.07) is 5.14.